The summed E-state index contributed by atoms with van der Waals surface area (Å²) in [6.07, 6.45) is 5.99. The number of hydrogen-bond acceptors (Lipinski definition) is 4. The highest BCUT2D eigenvalue weighted by atomic mass is 14.9. The summed E-state index contributed by atoms with van der Waals surface area (Å²) in [5.74, 6) is 0. The van der Waals surface area contributed by atoms with E-state index in [1.807, 2.05) is 36.7 Å². The lowest BCUT2D eigenvalue weighted by Crippen LogP contribution is -2.19. The molecule has 2 aromatic heterocycles. The summed E-state index contributed by atoms with van der Waals surface area (Å²) in [4.78, 5) is 8.88. The molecule has 4 nitrogen and oxygen atoms in total. The average molecular weight is 344 g/mol. The van der Waals surface area contributed by atoms with Crippen LogP contribution in [0.1, 0.15) is 40.5 Å². The van der Waals surface area contributed by atoms with E-state index in [4.69, 9.17) is 0 Å². The van der Waals surface area contributed by atoms with E-state index in [-0.39, 0.29) is 0 Å². The number of hydrogen-bond donors (Lipinski definition) is 2. The fraction of sp³-hybridized carbons (Fsp3) is 0.273. The molecule has 1 unspecified atom stereocenters. The smallest absolute Gasteiger partial charge is 0.0605 e. The quantitative estimate of drug-likeness (QED) is 0.688. The second-order valence-corrected chi connectivity index (χ2v) is 6.76. The Kier molecular flexibility index (Phi) is 5.33. The van der Waals surface area contributed by atoms with E-state index in [9.17, 15) is 0 Å². The molecule has 26 heavy (non-hydrogen) atoms. The molecule has 1 aliphatic carbocycles. The van der Waals surface area contributed by atoms with Crippen molar-refractivity contribution < 1.29 is 0 Å². The van der Waals surface area contributed by atoms with Crippen LogP contribution in [0.5, 0.6) is 0 Å². The highest BCUT2D eigenvalue weighted by Gasteiger charge is 2.22. The zero-order valence-electron chi connectivity index (χ0n) is 14.9. The minimum Gasteiger partial charge on any atom is -0.307 e. The Morgan fingerprint density at radius 1 is 0.808 bits per heavy atom. The summed E-state index contributed by atoms with van der Waals surface area (Å²) >= 11 is 0. The molecule has 132 valence electrons. The third-order valence-corrected chi connectivity index (χ3v) is 4.90. The van der Waals surface area contributed by atoms with Gasteiger partial charge in [0.15, 0.2) is 0 Å². The zero-order valence-corrected chi connectivity index (χ0v) is 14.9. The number of rotatable bonds is 7. The van der Waals surface area contributed by atoms with Gasteiger partial charge in [-0.15, -0.1) is 0 Å². The van der Waals surface area contributed by atoms with Crippen molar-refractivity contribution in [3.8, 4) is 0 Å². The molecule has 0 fully saturated rings. The van der Waals surface area contributed by atoms with Crippen LogP contribution in [0.3, 0.4) is 0 Å². The molecule has 4 heteroatoms. The highest BCUT2D eigenvalue weighted by molar-refractivity contribution is 5.28. The molecule has 0 saturated heterocycles. The van der Waals surface area contributed by atoms with Gasteiger partial charge in [-0.05, 0) is 47.7 Å². The standard InChI is InChI=1S/C22H24N4/c1-2-12-24-20(5-1)16-23-14-17-6-8-18(9-7-17)15-26-21-11-10-19-4-3-13-25-22(19)21/h1-9,12-13,21,23,26H,10-11,14-16H2. The minimum absolute atomic E-state index is 0.380. The number of nitrogens with one attached hydrogen (secondary N) is 2. The molecule has 2 N–H and O–H groups in total. The van der Waals surface area contributed by atoms with E-state index in [1.54, 1.807) is 0 Å². The van der Waals surface area contributed by atoms with Crippen molar-refractivity contribution in [3.05, 3.63) is 95.1 Å². The Morgan fingerprint density at radius 3 is 2.42 bits per heavy atom. The first kappa shape index (κ1) is 16.9. The fourth-order valence-electron chi connectivity index (χ4n) is 3.46. The van der Waals surface area contributed by atoms with E-state index in [2.05, 4.69) is 50.9 Å². The molecule has 1 atom stereocenters. The monoisotopic (exact) mass is 344 g/mol. The number of nitrogens with zero attached hydrogens (tertiary/aromatic N) is 2. The maximum atomic E-state index is 4.55. The Bertz CT molecular complexity index is 830. The van der Waals surface area contributed by atoms with Crippen LogP contribution in [0.2, 0.25) is 0 Å². The van der Waals surface area contributed by atoms with Crippen LogP contribution >= 0.6 is 0 Å². The second kappa shape index (κ2) is 8.21. The van der Waals surface area contributed by atoms with Crippen molar-refractivity contribution in [2.45, 2.75) is 38.5 Å². The topological polar surface area (TPSA) is 49.8 Å². The summed E-state index contributed by atoms with van der Waals surface area (Å²) in [6.45, 7) is 2.52. The largest absolute Gasteiger partial charge is 0.307 e. The third kappa shape index (κ3) is 4.15. The van der Waals surface area contributed by atoms with Crippen molar-refractivity contribution in [3.63, 3.8) is 0 Å². The summed E-state index contributed by atoms with van der Waals surface area (Å²) in [7, 11) is 0. The molecule has 1 aliphatic rings. The maximum absolute atomic E-state index is 4.55. The number of benzene rings is 1. The van der Waals surface area contributed by atoms with E-state index < -0.39 is 0 Å². The van der Waals surface area contributed by atoms with Crippen LogP contribution in [-0.2, 0) is 26.1 Å². The molecule has 1 aromatic carbocycles. The van der Waals surface area contributed by atoms with Gasteiger partial charge in [0.1, 0.15) is 0 Å². The lowest BCUT2D eigenvalue weighted by Gasteiger charge is -2.13. The van der Waals surface area contributed by atoms with Gasteiger partial charge >= 0.3 is 0 Å². The molecular weight excluding hydrogens is 320 g/mol. The van der Waals surface area contributed by atoms with E-state index in [0.29, 0.717) is 6.04 Å². The number of fused-ring (bicyclic) bond motifs is 1. The fourth-order valence-corrected chi connectivity index (χ4v) is 3.46. The summed E-state index contributed by atoms with van der Waals surface area (Å²) in [6, 6.07) is 19.4. The van der Waals surface area contributed by atoms with Crippen molar-refractivity contribution in [1.82, 2.24) is 20.6 Å². The third-order valence-electron chi connectivity index (χ3n) is 4.90. The van der Waals surface area contributed by atoms with Crippen molar-refractivity contribution in [2.24, 2.45) is 0 Å². The van der Waals surface area contributed by atoms with Crippen LogP contribution in [0.4, 0.5) is 0 Å². The van der Waals surface area contributed by atoms with Crippen molar-refractivity contribution >= 4 is 0 Å². The molecule has 0 spiro atoms. The SMILES string of the molecule is c1ccc(CNCc2ccc(CNC3CCc4cccnc43)cc2)nc1. The first-order chi connectivity index (χ1) is 12.9. The van der Waals surface area contributed by atoms with Gasteiger partial charge in [0.2, 0.25) is 0 Å². The van der Waals surface area contributed by atoms with Crippen LogP contribution in [0, 0.1) is 0 Å². The zero-order chi connectivity index (χ0) is 17.6. The van der Waals surface area contributed by atoms with Gasteiger partial charge < -0.3 is 10.6 Å². The second-order valence-electron chi connectivity index (χ2n) is 6.76. The van der Waals surface area contributed by atoms with Gasteiger partial charge in [0.25, 0.3) is 0 Å². The van der Waals surface area contributed by atoms with Crippen molar-refractivity contribution in [2.75, 3.05) is 0 Å². The molecule has 0 radical (unpaired) electrons. The first-order valence-corrected chi connectivity index (χ1v) is 9.24. The van der Waals surface area contributed by atoms with Gasteiger partial charge in [0, 0.05) is 32.0 Å². The average Bonchev–Trinajstić information content (AvgIpc) is 3.11. The van der Waals surface area contributed by atoms with E-state index in [0.717, 1.165) is 38.2 Å². The number of aromatic nitrogens is 2. The predicted molar refractivity (Wildman–Crippen MR) is 103 cm³/mol. The summed E-state index contributed by atoms with van der Waals surface area (Å²) in [5.41, 5.74) is 6.28. The van der Waals surface area contributed by atoms with Crippen molar-refractivity contribution in [1.29, 1.82) is 0 Å². The number of aryl methyl sites for hydroxylation is 1. The van der Waals surface area contributed by atoms with Crippen LogP contribution < -0.4 is 10.6 Å². The summed E-state index contributed by atoms with van der Waals surface area (Å²) in [5, 5.41) is 7.09. The van der Waals surface area contributed by atoms with E-state index in [1.165, 1.54) is 22.4 Å². The molecule has 2 heterocycles. The van der Waals surface area contributed by atoms with Crippen LogP contribution in [0.15, 0.2) is 67.0 Å². The van der Waals surface area contributed by atoms with Crippen LogP contribution in [-0.4, -0.2) is 9.97 Å². The highest BCUT2D eigenvalue weighted by Crippen LogP contribution is 2.28. The minimum atomic E-state index is 0.380. The predicted octanol–water partition coefficient (Wildman–Crippen LogP) is 3.54. The van der Waals surface area contributed by atoms with Gasteiger partial charge in [-0.25, -0.2) is 0 Å². The van der Waals surface area contributed by atoms with Gasteiger partial charge in [-0.2, -0.15) is 0 Å². The Morgan fingerprint density at radius 2 is 1.62 bits per heavy atom. The Labute approximate surface area is 154 Å². The van der Waals surface area contributed by atoms with Gasteiger partial charge in [-0.1, -0.05) is 36.4 Å². The molecule has 0 aliphatic heterocycles. The summed E-state index contributed by atoms with van der Waals surface area (Å²) < 4.78 is 0. The normalized spacial score (nSPS) is 15.8. The Hall–Kier alpha value is -2.56. The molecule has 0 bridgehead atoms. The molecule has 4 rings (SSSR count). The molecular formula is C22H24N4. The van der Waals surface area contributed by atoms with Gasteiger partial charge in [-0.3, -0.25) is 9.97 Å². The van der Waals surface area contributed by atoms with Crippen LogP contribution in [0.25, 0.3) is 0 Å². The maximum Gasteiger partial charge on any atom is 0.0605 e. The Balaban J connectivity index is 1.26. The molecule has 3 aromatic rings. The van der Waals surface area contributed by atoms with Gasteiger partial charge in [0.05, 0.1) is 17.4 Å². The first-order valence-electron chi connectivity index (χ1n) is 9.24. The number of pyridine rings is 2. The molecule has 0 saturated carbocycles. The molecule has 0 amide bonds. The van der Waals surface area contributed by atoms with E-state index >= 15 is 0 Å². The lowest BCUT2D eigenvalue weighted by molar-refractivity contribution is 0.521. The lowest BCUT2D eigenvalue weighted by atomic mass is 10.1.